The van der Waals surface area contributed by atoms with Crippen molar-refractivity contribution in [2.45, 2.75) is 19.0 Å². The van der Waals surface area contributed by atoms with Gasteiger partial charge in [0.25, 0.3) is 5.91 Å². The van der Waals surface area contributed by atoms with E-state index in [0.717, 1.165) is 16.1 Å². The summed E-state index contributed by atoms with van der Waals surface area (Å²) in [6.07, 6.45) is 0.501. The molecule has 0 bridgehead atoms. The second kappa shape index (κ2) is 7.44. The minimum absolute atomic E-state index is 0.0469. The molecule has 2 aliphatic heterocycles. The fourth-order valence-electron chi connectivity index (χ4n) is 3.68. The first-order valence-electron chi connectivity index (χ1n) is 9.49. The van der Waals surface area contributed by atoms with Crippen LogP contribution in [0.4, 0.5) is 0 Å². The Kier molecular flexibility index (Phi) is 4.75. The van der Waals surface area contributed by atoms with Gasteiger partial charge in [0.05, 0.1) is 28.1 Å². The topological polar surface area (TPSA) is 99.5 Å². The van der Waals surface area contributed by atoms with Crippen LogP contribution in [-0.2, 0) is 16.4 Å². The van der Waals surface area contributed by atoms with Gasteiger partial charge in [-0.2, -0.15) is 5.10 Å². The lowest BCUT2D eigenvalue weighted by atomic mass is 10.2. The van der Waals surface area contributed by atoms with Crippen molar-refractivity contribution in [3.63, 3.8) is 0 Å². The second-order valence-electron chi connectivity index (χ2n) is 7.26. The molecule has 156 valence electrons. The Labute approximate surface area is 177 Å². The SMILES string of the molecule is O=C(NCc1ccc2c(c1)OCO2)c1cc(-c2cccs2)n(C2CCS(=O)(=O)C2)n1. The molecule has 1 atom stereocenters. The molecule has 0 spiro atoms. The van der Waals surface area contributed by atoms with Crippen molar-refractivity contribution in [2.24, 2.45) is 0 Å². The summed E-state index contributed by atoms with van der Waals surface area (Å²) in [4.78, 5) is 13.7. The first-order chi connectivity index (χ1) is 14.5. The Morgan fingerprint density at radius 2 is 2.10 bits per heavy atom. The van der Waals surface area contributed by atoms with E-state index in [2.05, 4.69) is 10.4 Å². The van der Waals surface area contributed by atoms with Gasteiger partial charge in [0.1, 0.15) is 0 Å². The molecule has 0 saturated carbocycles. The predicted octanol–water partition coefficient (Wildman–Crippen LogP) is 2.63. The molecule has 30 heavy (non-hydrogen) atoms. The van der Waals surface area contributed by atoms with Gasteiger partial charge in [-0.25, -0.2) is 8.42 Å². The van der Waals surface area contributed by atoms with Crippen LogP contribution in [0.1, 0.15) is 28.5 Å². The maximum Gasteiger partial charge on any atom is 0.272 e. The summed E-state index contributed by atoms with van der Waals surface area (Å²) >= 11 is 1.53. The van der Waals surface area contributed by atoms with E-state index in [-0.39, 0.29) is 35.9 Å². The molecule has 10 heteroatoms. The molecular formula is C20H19N3O5S2. The molecule has 1 saturated heterocycles. The van der Waals surface area contributed by atoms with Crippen LogP contribution in [0.25, 0.3) is 10.6 Å². The van der Waals surface area contributed by atoms with Crippen molar-refractivity contribution >= 4 is 27.1 Å². The first-order valence-corrected chi connectivity index (χ1v) is 12.2. The molecule has 0 aliphatic carbocycles. The number of hydrogen-bond donors (Lipinski definition) is 1. The van der Waals surface area contributed by atoms with Gasteiger partial charge in [0.2, 0.25) is 6.79 Å². The lowest BCUT2D eigenvalue weighted by Gasteiger charge is -2.12. The zero-order valence-electron chi connectivity index (χ0n) is 15.9. The van der Waals surface area contributed by atoms with Gasteiger partial charge in [0, 0.05) is 6.54 Å². The zero-order valence-corrected chi connectivity index (χ0v) is 17.5. The molecule has 4 heterocycles. The number of benzene rings is 1. The average molecular weight is 446 g/mol. The maximum absolute atomic E-state index is 12.8. The molecule has 1 unspecified atom stereocenters. The quantitative estimate of drug-likeness (QED) is 0.648. The molecule has 0 radical (unpaired) electrons. The molecule has 1 amide bonds. The average Bonchev–Trinajstić information content (AvgIpc) is 3.50. The number of ether oxygens (including phenoxy) is 2. The van der Waals surface area contributed by atoms with Gasteiger partial charge in [-0.05, 0) is 41.6 Å². The maximum atomic E-state index is 12.8. The molecule has 1 fully saturated rings. The molecule has 1 N–H and O–H groups in total. The monoisotopic (exact) mass is 445 g/mol. The summed E-state index contributed by atoms with van der Waals surface area (Å²) in [5.41, 5.74) is 1.91. The molecule has 1 aromatic carbocycles. The van der Waals surface area contributed by atoms with E-state index < -0.39 is 9.84 Å². The highest BCUT2D eigenvalue weighted by atomic mass is 32.2. The summed E-state index contributed by atoms with van der Waals surface area (Å²) in [7, 11) is -3.07. The molecule has 5 rings (SSSR count). The van der Waals surface area contributed by atoms with Crippen LogP contribution in [0.15, 0.2) is 41.8 Å². The van der Waals surface area contributed by atoms with E-state index in [4.69, 9.17) is 9.47 Å². The number of carbonyl (C=O) groups is 1. The molecule has 3 aromatic rings. The van der Waals surface area contributed by atoms with Crippen molar-refractivity contribution in [3.05, 3.63) is 53.0 Å². The fraction of sp³-hybridized carbons (Fsp3) is 0.300. The number of rotatable bonds is 5. The van der Waals surface area contributed by atoms with Crippen LogP contribution in [0.3, 0.4) is 0 Å². The molecule has 2 aromatic heterocycles. The van der Waals surface area contributed by atoms with E-state index in [1.807, 2.05) is 35.7 Å². The standard InChI is InChI=1S/C20H19N3O5S2/c24-20(21-10-13-3-4-17-18(8-13)28-12-27-17)15-9-16(19-2-1-6-29-19)23(22-15)14-5-7-30(25,26)11-14/h1-4,6,8-9,14H,5,7,10-12H2,(H,21,24). The normalized spacial score (nSPS) is 19.1. The summed E-state index contributed by atoms with van der Waals surface area (Å²) in [5, 5.41) is 9.30. The number of aromatic nitrogens is 2. The van der Waals surface area contributed by atoms with Crippen molar-refractivity contribution in [1.82, 2.24) is 15.1 Å². The number of nitrogens with zero attached hydrogens (tertiary/aromatic N) is 2. The Morgan fingerprint density at radius 3 is 2.87 bits per heavy atom. The third-order valence-electron chi connectivity index (χ3n) is 5.19. The summed E-state index contributed by atoms with van der Waals surface area (Å²) in [6.45, 7) is 0.513. The highest BCUT2D eigenvalue weighted by Gasteiger charge is 2.32. The Hall–Kier alpha value is -2.85. The molecule has 8 nitrogen and oxygen atoms in total. The van der Waals surface area contributed by atoms with Crippen molar-refractivity contribution in [2.75, 3.05) is 18.3 Å². The van der Waals surface area contributed by atoms with Crippen LogP contribution in [-0.4, -0.2) is 42.4 Å². The van der Waals surface area contributed by atoms with Gasteiger partial charge < -0.3 is 14.8 Å². The number of carbonyl (C=O) groups excluding carboxylic acids is 1. The fourth-order valence-corrected chi connectivity index (χ4v) is 6.11. The molecular weight excluding hydrogens is 426 g/mol. The minimum Gasteiger partial charge on any atom is -0.454 e. The van der Waals surface area contributed by atoms with E-state index >= 15 is 0 Å². The number of hydrogen-bond acceptors (Lipinski definition) is 7. The van der Waals surface area contributed by atoms with Gasteiger partial charge in [-0.1, -0.05) is 12.1 Å². The summed E-state index contributed by atoms with van der Waals surface area (Å²) in [6, 6.07) is 10.8. The van der Waals surface area contributed by atoms with Crippen LogP contribution in [0, 0.1) is 0 Å². The number of thiophene rings is 1. The van der Waals surface area contributed by atoms with Crippen molar-refractivity contribution in [1.29, 1.82) is 0 Å². The van der Waals surface area contributed by atoms with E-state index in [1.165, 1.54) is 11.3 Å². The lowest BCUT2D eigenvalue weighted by molar-refractivity contribution is 0.0944. The van der Waals surface area contributed by atoms with Gasteiger partial charge in [-0.15, -0.1) is 11.3 Å². The largest absolute Gasteiger partial charge is 0.454 e. The highest BCUT2D eigenvalue weighted by Crippen LogP contribution is 2.33. The van der Waals surface area contributed by atoms with Gasteiger partial charge >= 0.3 is 0 Å². The Balaban J connectivity index is 1.37. The third-order valence-corrected chi connectivity index (χ3v) is 7.83. The van der Waals surface area contributed by atoms with Crippen molar-refractivity contribution in [3.8, 4) is 22.1 Å². The van der Waals surface area contributed by atoms with Crippen molar-refractivity contribution < 1.29 is 22.7 Å². The van der Waals surface area contributed by atoms with Crippen LogP contribution < -0.4 is 14.8 Å². The smallest absolute Gasteiger partial charge is 0.272 e. The summed E-state index contributed by atoms with van der Waals surface area (Å²) < 4.78 is 36.3. The number of fused-ring (bicyclic) bond motifs is 1. The van der Waals surface area contributed by atoms with E-state index in [0.29, 0.717) is 24.5 Å². The van der Waals surface area contributed by atoms with Crippen LogP contribution in [0.2, 0.25) is 0 Å². The number of amides is 1. The Bertz CT molecular complexity index is 1200. The van der Waals surface area contributed by atoms with Crippen LogP contribution in [0.5, 0.6) is 11.5 Å². The highest BCUT2D eigenvalue weighted by molar-refractivity contribution is 7.91. The lowest BCUT2D eigenvalue weighted by Crippen LogP contribution is -2.24. The second-order valence-corrected chi connectivity index (χ2v) is 10.4. The predicted molar refractivity (Wildman–Crippen MR) is 112 cm³/mol. The third kappa shape index (κ3) is 3.68. The number of sulfone groups is 1. The minimum atomic E-state index is -3.07. The zero-order chi connectivity index (χ0) is 20.7. The van der Waals surface area contributed by atoms with E-state index in [1.54, 1.807) is 10.7 Å². The Morgan fingerprint density at radius 1 is 1.23 bits per heavy atom. The summed E-state index contributed by atoms with van der Waals surface area (Å²) in [5.74, 6) is 1.23. The number of nitrogens with one attached hydrogen (secondary N) is 1. The van der Waals surface area contributed by atoms with Crippen LogP contribution >= 0.6 is 11.3 Å². The first kappa shape index (κ1) is 19.1. The van der Waals surface area contributed by atoms with Gasteiger partial charge in [0.15, 0.2) is 27.0 Å². The van der Waals surface area contributed by atoms with Gasteiger partial charge in [-0.3, -0.25) is 9.48 Å². The molecule has 2 aliphatic rings. The van der Waals surface area contributed by atoms with E-state index in [9.17, 15) is 13.2 Å².